The first-order chi connectivity index (χ1) is 10.7. The molecule has 4 aliphatic rings. The zero-order chi connectivity index (χ0) is 16.6. The summed E-state index contributed by atoms with van der Waals surface area (Å²) in [4.78, 5) is 0. The Morgan fingerprint density at radius 2 is 1.87 bits per heavy atom. The Kier molecular flexibility index (Phi) is 3.25. The van der Waals surface area contributed by atoms with E-state index in [1.807, 2.05) is 6.92 Å². The standard InChI is InChI=1S/C21H33NO/c1-13-11-17-15(16-7-8-18(22)21(13,16)4)6-5-14-12-19(2,23)9-10-20(14,17)3/h11,13-16,22-23H,5-10,12H2,1-4H3. The first-order valence-electron chi connectivity index (χ1n) is 9.71. The van der Waals surface area contributed by atoms with Crippen molar-refractivity contribution in [1.82, 2.24) is 0 Å². The van der Waals surface area contributed by atoms with Gasteiger partial charge in [0.15, 0.2) is 0 Å². The van der Waals surface area contributed by atoms with E-state index >= 15 is 0 Å². The number of fused-ring (bicyclic) bond motifs is 5. The van der Waals surface area contributed by atoms with Crippen LogP contribution >= 0.6 is 0 Å². The Morgan fingerprint density at radius 3 is 2.61 bits per heavy atom. The van der Waals surface area contributed by atoms with Gasteiger partial charge < -0.3 is 10.5 Å². The molecule has 23 heavy (non-hydrogen) atoms. The number of allylic oxidation sites excluding steroid dienone is 2. The number of nitrogens with one attached hydrogen (secondary N) is 1. The second kappa shape index (κ2) is 4.71. The van der Waals surface area contributed by atoms with Crippen molar-refractivity contribution in [2.24, 2.45) is 34.5 Å². The van der Waals surface area contributed by atoms with Crippen LogP contribution in [-0.4, -0.2) is 16.4 Å². The molecule has 0 aliphatic heterocycles. The summed E-state index contributed by atoms with van der Waals surface area (Å²) in [6, 6.07) is 0. The molecule has 0 aromatic carbocycles. The minimum atomic E-state index is -0.456. The molecule has 7 atom stereocenters. The van der Waals surface area contributed by atoms with E-state index in [2.05, 4.69) is 26.8 Å². The molecule has 2 nitrogen and oxygen atoms in total. The van der Waals surface area contributed by atoms with Crippen LogP contribution in [0.3, 0.4) is 0 Å². The fourth-order valence-corrected chi connectivity index (χ4v) is 6.85. The number of aliphatic hydroxyl groups is 1. The summed E-state index contributed by atoms with van der Waals surface area (Å²) in [5.41, 5.74) is 2.67. The quantitative estimate of drug-likeness (QED) is 0.609. The molecule has 0 amide bonds. The second-order valence-corrected chi connectivity index (χ2v) is 9.82. The minimum Gasteiger partial charge on any atom is -0.390 e. The van der Waals surface area contributed by atoms with Gasteiger partial charge in [-0.1, -0.05) is 32.4 Å². The Labute approximate surface area is 141 Å². The molecule has 7 unspecified atom stereocenters. The monoisotopic (exact) mass is 315 g/mol. The van der Waals surface area contributed by atoms with E-state index in [0.29, 0.717) is 29.1 Å². The lowest BCUT2D eigenvalue weighted by molar-refractivity contribution is -0.0625. The Morgan fingerprint density at radius 1 is 1.13 bits per heavy atom. The molecule has 0 heterocycles. The van der Waals surface area contributed by atoms with Crippen molar-refractivity contribution in [3.8, 4) is 0 Å². The first kappa shape index (κ1) is 15.9. The molecular weight excluding hydrogens is 282 g/mol. The second-order valence-electron chi connectivity index (χ2n) is 9.82. The average Bonchev–Trinajstić information content (AvgIpc) is 2.79. The van der Waals surface area contributed by atoms with E-state index in [-0.39, 0.29) is 5.41 Å². The highest BCUT2D eigenvalue weighted by molar-refractivity contribution is 5.90. The largest absolute Gasteiger partial charge is 0.390 e. The predicted octanol–water partition coefficient (Wildman–Crippen LogP) is 4.97. The van der Waals surface area contributed by atoms with Crippen molar-refractivity contribution in [2.45, 2.75) is 78.2 Å². The average molecular weight is 316 g/mol. The molecule has 4 aliphatic carbocycles. The Bertz CT molecular complexity index is 576. The molecule has 3 saturated carbocycles. The van der Waals surface area contributed by atoms with Crippen molar-refractivity contribution < 1.29 is 5.11 Å². The summed E-state index contributed by atoms with van der Waals surface area (Å²) in [6.45, 7) is 9.24. The van der Waals surface area contributed by atoms with Gasteiger partial charge in [0.2, 0.25) is 0 Å². The molecule has 0 spiro atoms. The van der Waals surface area contributed by atoms with E-state index < -0.39 is 5.60 Å². The van der Waals surface area contributed by atoms with Gasteiger partial charge in [0, 0.05) is 11.1 Å². The van der Waals surface area contributed by atoms with Crippen molar-refractivity contribution in [3.63, 3.8) is 0 Å². The lowest BCUT2D eigenvalue weighted by Gasteiger charge is -2.58. The molecule has 3 fully saturated rings. The molecule has 0 aromatic heterocycles. The lowest BCUT2D eigenvalue weighted by Crippen LogP contribution is -2.52. The minimum absolute atomic E-state index is 0.109. The highest BCUT2D eigenvalue weighted by Crippen LogP contribution is 2.65. The van der Waals surface area contributed by atoms with E-state index in [4.69, 9.17) is 5.41 Å². The highest BCUT2D eigenvalue weighted by atomic mass is 16.3. The van der Waals surface area contributed by atoms with E-state index in [1.165, 1.54) is 19.3 Å². The number of hydrogen-bond acceptors (Lipinski definition) is 2. The summed E-state index contributed by atoms with van der Waals surface area (Å²) in [5.74, 6) is 2.52. The maximum atomic E-state index is 10.6. The van der Waals surface area contributed by atoms with Gasteiger partial charge in [0.25, 0.3) is 0 Å². The van der Waals surface area contributed by atoms with Crippen molar-refractivity contribution in [2.75, 3.05) is 0 Å². The maximum Gasteiger partial charge on any atom is 0.0623 e. The van der Waals surface area contributed by atoms with Crippen LogP contribution in [-0.2, 0) is 0 Å². The summed E-state index contributed by atoms with van der Waals surface area (Å²) in [7, 11) is 0. The van der Waals surface area contributed by atoms with Gasteiger partial charge >= 0.3 is 0 Å². The molecule has 0 aromatic rings. The highest BCUT2D eigenvalue weighted by Gasteiger charge is 2.58. The van der Waals surface area contributed by atoms with Gasteiger partial charge in [-0.2, -0.15) is 0 Å². The Hall–Kier alpha value is -0.630. The van der Waals surface area contributed by atoms with E-state index in [1.54, 1.807) is 5.57 Å². The zero-order valence-electron chi connectivity index (χ0n) is 15.3. The van der Waals surface area contributed by atoms with Crippen molar-refractivity contribution in [1.29, 1.82) is 5.41 Å². The lowest BCUT2D eigenvalue weighted by atomic mass is 9.47. The van der Waals surface area contributed by atoms with Crippen LogP contribution in [0.25, 0.3) is 0 Å². The summed E-state index contributed by atoms with van der Waals surface area (Å²) < 4.78 is 0. The molecule has 0 saturated heterocycles. The van der Waals surface area contributed by atoms with Crippen molar-refractivity contribution >= 4 is 5.71 Å². The fraction of sp³-hybridized carbons (Fsp3) is 0.857. The molecule has 2 N–H and O–H groups in total. The maximum absolute atomic E-state index is 10.6. The topological polar surface area (TPSA) is 44.1 Å². The fourth-order valence-electron chi connectivity index (χ4n) is 6.85. The van der Waals surface area contributed by atoms with Gasteiger partial charge in [0.05, 0.1) is 5.60 Å². The normalized spacial score (nSPS) is 55.7. The number of hydrogen-bond donors (Lipinski definition) is 2. The zero-order valence-corrected chi connectivity index (χ0v) is 15.3. The van der Waals surface area contributed by atoms with Crippen LogP contribution in [0, 0.1) is 39.9 Å². The van der Waals surface area contributed by atoms with Crippen LogP contribution in [0.15, 0.2) is 11.6 Å². The molecule has 2 heteroatoms. The third-order valence-electron chi connectivity index (χ3n) is 8.64. The molecule has 0 bridgehead atoms. The van der Waals surface area contributed by atoms with Gasteiger partial charge in [-0.15, -0.1) is 0 Å². The van der Waals surface area contributed by atoms with Gasteiger partial charge in [0.1, 0.15) is 0 Å². The molecular formula is C21H33NO. The third kappa shape index (κ3) is 2.00. The SMILES string of the molecule is CC1C=C2C(CCC3CC(C)(O)CCC23C)C2CCC(=N)C12C. The molecule has 0 radical (unpaired) electrons. The van der Waals surface area contributed by atoms with E-state index in [9.17, 15) is 5.11 Å². The van der Waals surface area contributed by atoms with Gasteiger partial charge in [-0.05, 0) is 81.0 Å². The van der Waals surface area contributed by atoms with Crippen LogP contribution < -0.4 is 0 Å². The van der Waals surface area contributed by atoms with Gasteiger partial charge in [-0.3, -0.25) is 0 Å². The first-order valence-corrected chi connectivity index (χ1v) is 9.71. The van der Waals surface area contributed by atoms with Crippen LogP contribution in [0.1, 0.15) is 72.6 Å². The predicted molar refractivity (Wildman–Crippen MR) is 94.6 cm³/mol. The molecule has 4 rings (SSSR count). The number of rotatable bonds is 0. The van der Waals surface area contributed by atoms with Crippen LogP contribution in [0.5, 0.6) is 0 Å². The van der Waals surface area contributed by atoms with E-state index in [0.717, 1.165) is 31.4 Å². The van der Waals surface area contributed by atoms with Crippen molar-refractivity contribution in [3.05, 3.63) is 11.6 Å². The molecule has 128 valence electrons. The summed E-state index contributed by atoms with van der Waals surface area (Å²) in [6.07, 6.45) is 10.4. The van der Waals surface area contributed by atoms with Crippen LogP contribution in [0.4, 0.5) is 0 Å². The Balaban J connectivity index is 1.75. The van der Waals surface area contributed by atoms with Crippen LogP contribution in [0.2, 0.25) is 0 Å². The smallest absolute Gasteiger partial charge is 0.0623 e. The summed E-state index contributed by atoms with van der Waals surface area (Å²) in [5, 5.41) is 19.1. The summed E-state index contributed by atoms with van der Waals surface area (Å²) >= 11 is 0. The van der Waals surface area contributed by atoms with Gasteiger partial charge in [-0.25, -0.2) is 0 Å². The third-order valence-corrected chi connectivity index (χ3v) is 8.64.